The Morgan fingerprint density at radius 2 is 2.00 bits per heavy atom. The average molecular weight is 231 g/mol. The lowest BCUT2D eigenvalue weighted by Gasteiger charge is -2.33. The molecule has 0 bridgehead atoms. The lowest BCUT2D eigenvalue weighted by atomic mass is 9.79. The smallest absolute Gasteiger partial charge is 0.0206 e. The van der Waals surface area contributed by atoms with Gasteiger partial charge in [-0.15, -0.1) is 0 Å². The summed E-state index contributed by atoms with van der Waals surface area (Å²) in [7, 11) is 0. The highest BCUT2D eigenvalue weighted by Gasteiger charge is 2.25. The molecule has 1 aliphatic heterocycles. The van der Waals surface area contributed by atoms with Gasteiger partial charge < -0.3 is 5.32 Å². The molecule has 2 rings (SSSR count). The van der Waals surface area contributed by atoms with Crippen LogP contribution in [0.5, 0.6) is 0 Å². The number of allylic oxidation sites excluding steroid dienone is 1. The highest BCUT2D eigenvalue weighted by atomic mass is 14.9. The first-order valence-corrected chi connectivity index (χ1v) is 7.10. The molecule has 1 heteroatoms. The summed E-state index contributed by atoms with van der Waals surface area (Å²) in [6, 6.07) is 0. The number of hydrogen-bond acceptors (Lipinski definition) is 1. The zero-order chi connectivity index (χ0) is 12.1. The van der Waals surface area contributed by atoms with Crippen molar-refractivity contribution in [2.45, 2.75) is 52.4 Å². The van der Waals surface area contributed by atoms with Gasteiger partial charge in [0.2, 0.25) is 0 Å². The molecule has 0 radical (unpaired) electrons. The van der Waals surface area contributed by atoms with Crippen molar-refractivity contribution in [3.05, 3.63) is 11.6 Å². The largest absolute Gasteiger partial charge is 0.316 e. The van der Waals surface area contributed by atoms with Crippen LogP contribution in [0.2, 0.25) is 0 Å². The number of nitrogens with one attached hydrogen (secondary N) is 1. The van der Waals surface area contributed by atoms with E-state index in [9.17, 15) is 0 Å². The summed E-state index contributed by atoms with van der Waals surface area (Å²) in [5, 5.41) is 3.46. The Morgan fingerprint density at radius 1 is 1.24 bits per heavy atom. The predicted molar refractivity (Wildman–Crippen MR) is 73.7 cm³/mol. The summed E-state index contributed by atoms with van der Waals surface area (Å²) >= 11 is 0. The van der Waals surface area contributed by atoms with E-state index in [1.54, 1.807) is 0 Å². The quantitative estimate of drug-likeness (QED) is 0.629. The van der Waals surface area contributed by atoms with E-state index in [1.165, 1.54) is 37.7 Å². The molecule has 2 aliphatic rings. The lowest BCUT2D eigenvalue weighted by molar-refractivity contribution is 0.357. The van der Waals surface area contributed by atoms with Gasteiger partial charge in [0, 0.05) is 12.5 Å². The van der Waals surface area contributed by atoms with Crippen LogP contribution in [0.4, 0.5) is 0 Å². The third-order valence-electron chi connectivity index (χ3n) is 4.15. The van der Waals surface area contributed by atoms with E-state index in [0.29, 0.717) is 11.3 Å². The summed E-state index contributed by atoms with van der Waals surface area (Å²) in [5.41, 5.74) is 1.82. The molecule has 1 N–H and O–H groups in total. The van der Waals surface area contributed by atoms with Gasteiger partial charge in [-0.05, 0) is 37.3 Å². The van der Waals surface area contributed by atoms with Crippen molar-refractivity contribution in [3.63, 3.8) is 0 Å². The minimum atomic E-state index is 0.291. The summed E-state index contributed by atoms with van der Waals surface area (Å²) in [4.78, 5) is 0. The molecule has 0 aromatic carbocycles. The van der Waals surface area contributed by atoms with Gasteiger partial charge >= 0.3 is 0 Å². The molecule has 0 aromatic heterocycles. The second-order valence-electron chi connectivity index (χ2n) is 6.10. The van der Waals surface area contributed by atoms with Crippen LogP contribution in [0.1, 0.15) is 52.4 Å². The van der Waals surface area contributed by atoms with Gasteiger partial charge in [-0.2, -0.15) is 0 Å². The number of rotatable bonds is 0. The maximum atomic E-state index is 3.46. The van der Waals surface area contributed by atoms with E-state index in [2.05, 4.69) is 37.1 Å². The van der Waals surface area contributed by atoms with Crippen molar-refractivity contribution in [2.75, 3.05) is 13.1 Å². The van der Waals surface area contributed by atoms with Crippen molar-refractivity contribution in [2.24, 2.45) is 11.3 Å². The van der Waals surface area contributed by atoms with Crippen molar-refractivity contribution in [1.29, 1.82) is 0 Å². The van der Waals surface area contributed by atoms with Gasteiger partial charge in [-0.25, -0.2) is 0 Å². The minimum absolute atomic E-state index is 0.291. The molecule has 0 aromatic rings. The Bertz CT molecular complexity index is 334. The highest BCUT2D eigenvalue weighted by molar-refractivity contribution is 5.27. The standard InChI is InChI=1S/C16H25N/c1-16(2)13-17-12-11-15(16)10-6-9-14-7-4-3-5-8-14/h10,14,17H,3-5,7-8,11-13H2,1-2H3/b15-10+. The van der Waals surface area contributed by atoms with Crippen LogP contribution in [-0.2, 0) is 0 Å². The Balaban J connectivity index is 1.96. The van der Waals surface area contributed by atoms with Gasteiger partial charge in [0.15, 0.2) is 0 Å². The SMILES string of the molecule is CC1(C)CNCC/C1=C\C#CC1CCCCC1. The van der Waals surface area contributed by atoms with Crippen LogP contribution in [0.25, 0.3) is 0 Å². The van der Waals surface area contributed by atoms with Crippen molar-refractivity contribution < 1.29 is 0 Å². The van der Waals surface area contributed by atoms with E-state index in [0.717, 1.165) is 19.5 Å². The first kappa shape index (κ1) is 12.7. The average Bonchev–Trinajstić information content (AvgIpc) is 2.32. The zero-order valence-electron chi connectivity index (χ0n) is 11.3. The van der Waals surface area contributed by atoms with E-state index < -0.39 is 0 Å². The molecular weight excluding hydrogens is 206 g/mol. The third kappa shape index (κ3) is 3.61. The summed E-state index contributed by atoms with van der Waals surface area (Å²) in [5.74, 6) is 7.47. The summed E-state index contributed by atoms with van der Waals surface area (Å²) in [6.07, 6.45) is 10.2. The highest BCUT2D eigenvalue weighted by Crippen LogP contribution is 2.30. The Hall–Kier alpha value is -0.740. The Labute approximate surface area is 106 Å². The number of hydrogen-bond donors (Lipinski definition) is 1. The molecule has 1 nitrogen and oxygen atoms in total. The van der Waals surface area contributed by atoms with Crippen LogP contribution in [0, 0.1) is 23.2 Å². The van der Waals surface area contributed by atoms with Crippen molar-refractivity contribution in [3.8, 4) is 11.8 Å². The monoisotopic (exact) mass is 231 g/mol. The fourth-order valence-corrected chi connectivity index (χ4v) is 2.84. The molecule has 0 spiro atoms. The van der Waals surface area contributed by atoms with E-state index in [-0.39, 0.29) is 0 Å². The topological polar surface area (TPSA) is 12.0 Å². The van der Waals surface area contributed by atoms with Crippen LogP contribution in [0.15, 0.2) is 11.6 Å². The molecule has 2 fully saturated rings. The van der Waals surface area contributed by atoms with E-state index >= 15 is 0 Å². The molecule has 1 saturated carbocycles. The zero-order valence-corrected chi connectivity index (χ0v) is 11.3. The molecule has 0 unspecified atom stereocenters. The van der Waals surface area contributed by atoms with Gasteiger partial charge in [-0.1, -0.05) is 50.5 Å². The van der Waals surface area contributed by atoms with Crippen LogP contribution < -0.4 is 5.32 Å². The third-order valence-corrected chi connectivity index (χ3v) is 4.15. The summed E-state index contributed by atoms with van der Waals surface area (Å²) in [6.45, 7) is 6.82. The summed E-state index contributed by atoms with van der Waals surface area (Å²) < 4.78 is 0. The first-order chi connectivity index (χ1) is 8.18. The van der Waals surface area contributed by atoms with Gasteiger partial charge in [0.1, 0.15) is 0 Å². The predicted octanol–water partition coefficient (Wildman–Crippen LogP) is 3.52. The molecule has 1 aliphatic carbocycles. The maximum absolute atomic E-state index is 3.46. The molecule has 0 amide bonds. The van der Waals surface area contributed by atoms with Crippen LogP contribution in [-0.4, -0.2) is 13.1 Å². The molecule has 94 valence electrons. The van der Waals surface area contributed by atoms with E-state index in [4.69, 9.17) is 0 Å². The van der Waals surface area contributed by atoms with Crippen molar-refractivity contribution >= 4 is 0 Å². The van der Waals surface area contributed by atoms with Crippen LogP contribution >= 0.6 is 0 Å². The van der Waals surface area contributed by atoms with Gasteiger partial charge in [-0.3, -0.25) is 0 Å². The fourth-order valence-electron chi connectivity index (χ4n) is 2.84. The molecule has 0 atom stereocenters. The second kappa shape index (κ2) is 5.74. The lowest BCUT2D eigenvalue weighted by Crippen LogP contribution is -2.37. The minimum Gasteiger partial charge on any atom is -0.316 e. The van der Waals surface area contributed by atoms with Gasteiger partial charge in [0.05, 0.1) is 0 Å². The molecular formula is C16H25N. The van der Waals surface area contributed by atoms with Crippen molar-refractivity contribution in [1.82, 2.24) is 5.32 Å². The fraction of sp³-hybridized carbons (Fsp3) is 0.750. The maximum Gasteiger partial charge on any atom is 0.0206 e. The Kier molecular flexibility index (Phi) is 4.29. The Morgan fingerprint density at radius 3 is 2.71 bits per heavy atom. The number of piperidine rings is 1. The van der Waals surface area contributed by atoms with Gasteiger partial charge in [0.25, 0.3) is 0 Å². The molecule has 17 heavy (non-hydrogen) atoms. The molecule has 1 heterocycles. The second-order valence-corrected chi connectivity index (χ2v) is 6.10. The molecule has 1 saturated heterocycles. The van der Waals surface area contributed by atoms with E-state index in [1.807, 2.05) is 0 Å². The normalized spacial score (nSPS) is 27.5. The first-order valence-electron chi connectivity index (χ1n) is 7.10. The van der Waals surface area contributed by atoms with Crippen LogP contribution in [0.3, 0.4) is 0 Å².